The molecule has 0 fully saturated rings. The third-order valence-electron chi connectivity index (χ3n) is 3.69. The molecule has 2 aromatic heterocycles. The number of aryl methyl sites for hydroxylation is 1. The molecule has 0 spiro atoms. The van der Waals surface area contributed by atoms with E-state index < -0.39 is 6.09 Å². The van der Waals surface area contributed by atoms with Gasteiger partial charge in [0.15, 0.2) is 5.65 Å². The van der Waals surface area contributed by atoms with Crippen LogP contribution in [0.1, 0.15) is 25.5 Å². The van der Waals surface area contributed by atoms with Crippen molar-refractivity contribution in [2.45, 2.75) is 26.7 Å². The van der Waals surface area contributed by atoms with Crippen LogP contribution >= 0.6 is 0 Å². The van der Waals surface area contributed by atoms with Crippen molar-refractivity contribution < 1.29 is 9.53 Å². The SMILES string of the molecule is CCCCOC(=O)Nc1cnc2c(c1)c(C)nn2-c1ccccc1. The van der Waals surface area contributed by atoms with E-state index in [4.69, 9.17) is 4.74 Å². The molecule has 1 N–H and O–H groups in total. The highest BCUT2D eigenvalue weighted by atomic mass is 16.5. The molecule has 2 heterocycles. The number of anilines is 1. The maximum Gasteiger partial charge on any atom is 0.411 e. The molecule has 0 unspecified atom stereocenters. The van der Waals surface area contributed by atoms with Crippen molar-refractivity contribution in [2.75, 3.05) is 11.9 Å². The zero-order valence-corrected chi connectivity index (χ0v) is 13.8. The third-order valence-corrected chi connectivity index (χ3v) is 3.69. The minimum absolute atomic E-state index is 0.420. The number of rotatable bonds is 5. The van der Waals surface area contributed by atoms with Gasteiger partial charge in [-0.15, -0.1) is 0 Å². The van der Waals surface area contributed by atoms with Gasteiger partial charge in [0.05, 0.1) is 29.9 Å². The number of para-hydroxylation sites is 1. The first kappa shape index (κ1) is 16.0. The van der Waals surface area contributed by atoms with Gasteiger partial charge in [0.25, 0.3) is 0 Å². The van der Waals surface area contributed by atoms with Gasteiger partial charge in [0.2, 0.25) is 0 Å². The molecular formula is C18H20N4O2. The largest absolute Gasteiger partial charge is 0.449 e. The van der Waals surface area contributed by atoms with Crippen molar-refractivity contribution in [1.29, 1.82) is 0 Å². The molecule has 6 nitrogen and oxygen atoms in total. The summed E-state index contributed by atoms with van der Waals surface area (Å²) >= 11 is 0. The number of nitrogens with one attached hydrogen (secondary N) is 1. The molecule has 1 aromatic carbocycles. The summed E-state index contributed by atoms with van der Waals surface area (Å²) in [5.41, 5.74) is 3.15. The summed E-state index contributed by atoms with van der Waals surface area (Å²) in [4.78, 5) is 16.2. The Bertz CT molecular complexity index is 843. The highest BCUT2D eigenvalue weighted by Gasteiger charge is 2.12. The molecule has 0 bridgehead atoms. The van der Waals surface area contributed by atoms with Crippen LogP contribution in [0.2, 0.25) is 0 Å². The van der Waals surface area contributed by atoms with E-state index in [1.54, 1.807) is 10.9 Å². The van der Waals surface area contributed by atoms with Crippen molar-refractivity contribution >= 4 is 22.8 Å². The number of hydrogen-bond acceptors (Lipinski definition) is 4. The summed E-state index contributed by atoms with van der Waals surface area (Å²) in [6.45, 7) is 4.39. The average Bonchev–Trinajstić information content (AvgIpc) is 2.92. The summed E-state index contributed by atoms with van der Waals surface area (Å²) in [5, 5.41) is 8.15. The number of carbonyl (C=O) groups excluding carboxylic acids is 1. The molecule has 0 aliphatic heterocycles. The van der Waals surface area contributed by atoms with Crippen molar-refractivity contribution in [3.05, 3.63) is 48.3 Å². The lowest BCUT2D eigenvalue weighted by Crippen LogP contribution is -2.14. The van der Waals surface area contributed by atoms with Crippen LogP contribution < -0.4 is 5.32 Å². The molecule has 0 radical (unpaired) electrons. The summed E-state index contributed by atoms with van der Waals surface area (Å²) in [5.74, 6) is 0. The standard InChI is InChI=1S/C18H20N4O2/c1-3-4-10-24-18(23)20-14-11-16-13(2)21-22(17(16)19-12-14)15-8-6-5-7-9-15/h5-9,11-12H,3-4,10H2,1-2H3,(H,20,23). The van der Waals surface area contributed by atoms with Gasteiger partial charge >= 0.3 is 6.09 Å². The molecule has 3 aromatic rings. The van der Waals surface area contributed by atoms with E-state index in [1.807, 2.05) is 50.2 Å². The van der Waals surface area contributed by atoms with Gasteiger partial charge < -0.3 is 4.74 Å². The summed E-state index contributed by atoms with van der Waals surface area (Å²) in [6.07, 6.45) is 2.99. The van der Waals surface area contributed by atoms with Gasteiger partial charge in [-0.2, -0.15) is 5.10 Å². The van der Waals surface area contributed by atoms with Crippen LogP contribution in [0, 0.1) is 6.92 Å². The smallest absolute Gasteiger partial charge is 0.411 e. The molecule has 0 aliphatic rings. The van der Waals surface area contributed by atoms with E-state index in [9.17, 15) is 4.79 Å². The highest BCUT2D eigenvalue weighted by Crippen LogP contribution is 2.22. The van der Waals surface area contributed by atoms with Crippen LogP contribution in [-0.4, -0.2) is 27.5 Å². The van der Waals surface area contributed by atoms with Gasteiger partial charge in [-0.3, -0.25) is 5.32 Å². The lowest BCUT2D eigenvalue weighted by Gasteiger charge is -2.07. The second-order valence-electron chi connectivity index (χ2n) is 5.54. The van der Waals surface area contributed by atoms with Crippen LogP contribution in [0.4, 0.5) is 10.5 Å². The summed E-state index contributed by atoms with van der Waals surface area (Å²) < 4.78 is 6.90. The first-order valence-corrected chi connectivity index (χ1v) is 8.03. The molecule has 6 heteroatoms. The highest BCUT2D eigenvalue weighted by molar-refractivity contribution is 5.89. The Labute approximate surface area is 140 Å². The first-order valence-electron chi connectivity index (χ1n) is 8.03. The zero-order valence-electron chi connectivity index (χ0n) is 13.8. The van der Waals surface area contributed by atoms with E-state index >= 15 is 0 Å². The number of unbranched alkanes of at least 4 members (excludes halogenated alkanes) is 1. The van der Waals surface area contributed by atoms with E-state index in [-0.39, 0.29) is 0 Å². The molecule has 0 saturated heterocycles. The maximum absolute atomic E-state index is 11.8. The Morgan fingerprint density at radius 1 is 1.29 bits per heavy atom. The third kappa shape index (κ3) is 3.37. The molecule has 124 valence electrons. The van der Waals surface area contributed by atoms with E-state index in [1.165, 1.54) is 0 Å². The van der Waals surface area contributed by atoms with Crippen LogP contribution in [0.3, 0.4) is 0 Å². The second kappa shape index (κ2) is 7.12. The lowest BCUT2D eigenvalue weighted by molar-refractivity contribution is 0.160. The zero-order chi connectivity index (χ0) is 16.9. The quantitative estimate of drug-likeness (QED) is 0.718. The fourth-order valence-electron chi connectivity index (χ4n) is 2.42. The molecule has 0 atom stereocenters. The topological polar surface area (TPSA) is 69.0 Å². The minimum atomic E-state index is -0.460. The van der Waals surface area contributed by atoms with Gasteiger partial charge in [0, 0.05) is 5.39 Å². The number of fused-ring (bicyclic) bond motifs is 1. The van der Waals surface area contributed by atoms with Gasteiger partial charge in [0.1, 0.15) is 0 Å². The van der Waals surface area contributed by atoms with Crippen molar-refractivity contribution in [2.24, 2.45) is 0 Å². The van der Waals surface area contributed by atoms with Crippen LogP contribution in [0.25, 0.3) is 16.7 Å². The number of carbonyl (C=O) groups is 1. The molecule has 1 amide bonds. The Kier molecular flexibility index (Phi) is 4.74. The fraction of sp³-hybridized carbons (Fsp3) is 0.278. The van der Waals surface area contributed by atoms with Crippen LogP contribution in [0.5, 0.6) is 0 Å². The number of pyridine rings is 1. The normalized spacial score (nSPS) is 10.8. The van der Waals surface area contributed by atoms with Crippen molar-refractivity contribution in [3.8, 4) is 5.69 Å². The summed E-state index contributed by atoms with van der Waals surface area (Å²) in [6, 6.07) is 11.7. The second-order valence-corrected chi connectivity index (χ2v) is 5.54. The Morgan fingerprint density at radius 3 is 2.83 bits per heavy atom. The van der Waals surface area contributed by atoms with E-state index in [0.29, 0.717) is 12.3 Å². The molecule has 0 aliphatic carbocycles. The number of nitrogens with zero attached hydrogens (tertiary/aromatic N) is 3. The molecule has 24 heavy (non-hydrogen) atoms. The predicted octanol–water partition coefficient (Wildman–Crippen LogP) is 4.08. The number of aromatic nitrogens is 3. The summed E-state index contributed by atoms with van der Waals surface area (Å²) in [7, 11) is 0. The average molecular weight is 324 g/mol. The maximum atomic E-state index is 11.8. The van der Waals surface area contributed by atoms with E-state index in [0.717, 1.165) is 35.3 Å². The Balaban J connectivity index is 1.85. The minimum Gasteiger partial charge on any atom is -0.449 e. The fourth-order valence-corrected chi connectivity index (χ4v) is 2.42. The first-order chi connectivity index (χ1) is 11.7. The predicted molar refractivity (Wildman–Crippen MR) is 93.5 cm³/mol. The lowest BCUT2D eigenvalue weighted by atomic mass is 10.2. The molecular weight excluding hydrogens is 304 g/mol. The number of amides is 1. The van der Waals surface area contributed by atoms with Crippen LogP contribution in [-0.2, 0) is 4.74 Å². The van der Waals surface area contributed by atoms with Crippen molar-refractivity contribution in [3.63, 3.8) is 0 Å². The van der Waals surface area contributed by atoms with E-state index in [2.05, 4.69) is 15.4 Å². The van der Waals surface area contributed by atoms with Gasteiger partial charge in [-0.25, -0.2) is 14.5 Å². The van der Waals surface area contributed by atoms with Gasteiger partial charge in [-0.1, -0.05) is 31.5 Å². The van der Waals surface area contributed by atoms with Gasteiger partial charge in [-0.05, 0) is 31.5 Å². The monoisotopic (exact) mass is 324 g/mol. The Hall–Kier alpha value is -2.89. The number of benzene rings is 1. The number of hydrogen-bond donors (Lipinski definition) is 1. The molecule has 0 saturated carbocycles. The van der Waals surface area contributed by atoms with Crippen molar-refractivity contribution in [1.82, 2.24) is 14.8 Å². The van der Waals surface area contributed by atoms with Crippen LogP contribution in [0.15, 0.2) is 42.6 Å². The number of ether oxygens (including phenoxy) is 1. The molecule has 3 rings (SSSR count). The Morgan fingerprint density at radius 2 is 2.08 bits per heavy atom.